The van der Waals surface area contributed by atoms with E-state index in [-0.39, 0.29) is 5.25 Å². The molecular weight excluding hydrogens is 266 g/mol. The van der Waals surface area contributed by atoms with E-state index in [1.54, 1.807) is 0 Å². The minimum Gasteiger partial charge on any atom is -0.311 e. The molecule has 0 aliphatic heterocycles. The smallest absolute Gasteiger partial charge is 0.150 e. The van der Waals surface area contributed by atoms with Crippen LogP contribution in [0.4, 0.5) is 0 Å². The van der Waals surface area contributed by atoms with Crippen LogP contribution in [-0.4, -0.2) is 43.5 Å². The van der Waals surface area contributed by atoms with Gasteiger partial charge in [-0.2, -0.15) is 11.8 Å². The van der Waals surface area contributed by atoms with Crippen LogP contribution in [0.2, 0.25) is 0 Å². The van der Waals surface area contributed by atoms with Crippen molar-refractivity contribution in [2.75, 3.05) is 17.8 Å². The Kier molecular flexibility index (Phi) is 7.03. The van der Waals surface area contributed by atoms with Crippen LogP contribution in [0.1, 0.15) is 46.0 Å². The SMILES string of the molecule is CCSCCC(C)NC1CCCC(S(C)(=O)=O)C1. The highest BCUT2D eigenvalue weighted by Crippen LogP contribution is 2.24. The second-order valence-electron chi connectivity index (χ2n) is 5.37. The van der Waals surface area contributed by atoms with Crippen LogP contribution in [0, 0.1) is 0 Å². The maximum atomic E-state index is 11.6. The maximum Gasteiger partial charge on any atom is 0.150 e. The number of rotatable bonds is 7. The third-order valence-corrected chi connectivity index (χ3v) is 6.22. The number of hydrogen-bond acceptors (Lipinski definition) is 4. The number of thioether (sulfide) groups is 1. The molecule has 3 nitrogen and oxygen atoms in total. The predicted molar refractivity (Wildman–Crippen MR) is 81.1 cm³/mol. The molecule has 3 atom stereocenters. The van der Waals surface area contributed by atoms with Gasteiger partial charge < -0.3 is 5.32 Å². The lowest BCUT2D eigenvalue weighted by molar-refractivity contribution is 0.341. The summed E-state index contributed by atoms with van der Waals surface area (Å²) in [5.41, 5.74) is 0. The molecule has 0 aromatic heterocycles. The molecule has 0 aromatic rings. The van der Waals surface area contributed by atoms with Gasteiger partial charge in [0.2, 0.25) is 0 Å². The molecule has 0 radical (unpaired) electrons. The zero-order valence-corrected chi connectivity index (χ0v) is 13.4. The highest BCUT2D eigenvalue weighted by molar-refractivity contribution is 7.99. The van der Waals surface area contributed by atoms with Crippen molar-refractivity contribution in [3.8, 4) is 0 Å². The van der Waals surface area contributed by atoms with Crippen molar-refractivity contribution in [3.05, 3.63) is 0 Å². The van der Waals surface area contributed by atoms with Gasteiger partial charge in [-0.1, -0.05) is 13.3 Å². The summed E-state index contributed by atoms with van der Waals surface area (Å²) in [5.74, 6) is 2.36. The first-order valence-corrected chi connectivity index (χ1v) is 10.1. The molecule has 0 amide bonds. The summed E-state index contributed by atoms with van der Waals surface area (Å²) in [6.07, 6.45) is 6.34. The fourth-order valence-electron chi connectivity index (χ4n) is 2.58. The van der Waals surface area contributed by atoms with E-state index in [1.165, 1.54) is 24.2 Å². The van der Waals surface area contributed by atoms with E-state index in [0.717, 1.165) is 25.7 Å². The van der Waals surface area contributed by atoms with Gasteiger partial charge in [0, 0.05) is 18.3 Å². The van der Waals surface area contributed by atoms with Crippen molar-refractivity contribution < 1.29 is 8.42 Å². The fourth-order valence-corrected chi connectivity index (χ4v) is 4.56. The summed E-state index contributed by atoms with van der Waals surface area (Å²) in [7, 11) is -2.86. The molecule has 0 aromatic carbocycles. The van der Waals surface area contributed by atoms with Crippen LogP contribution in [-0.2, 0) is 9.84 Å². The Hall–Kier alpha value is 0.260. The Morgan fingerprint density at radius 2 is 2.11 bits per heavy atom. The molecule has 108 valence electrons. The van der Waals surface area contributed by atoms with Gasteiger partial charge in [-0.05, 0) is 44.1 Å². The summed E-state index contributed by atoms with van der Waals surface area (Å²) >= 11 is 1.97. The van der Waals surface area contributed by atoms with Gasteiger partial charge in [-0.3, -0.25) is 0 Å². The van der Waals surface area contributed by atoms with E-state index in [2.05, 4.69) is 19.2 Å². The zero-order valence-electron chi connectivity index (χ0n) is 11.8. The van der Waals surface area contributed by atoms with Gasteiger partial charge in [0.25, 0.3) is 0 Å². The summed E-state index contributed by atoms with van der Waals surface area (Å²) in [6.45, 7) is 4.39. The quantitative estimate of drug-likeness (QED) is 0.733. The van der Waals surface area contributed by atoms with Crippen LogP contribution in [0.25, 0.3) is 0 Å². The molecule has 1 N–H and O–H groups in total. The Morgan fingerprint density at radius 1 is 1.39 bits per heavy atom. The predicted octanol–water partition coefficient (Wildman–Crippen LogP) is 2.46. The highest BCUT2D eigenvalue weighted by Gasteiger charge is 2.29. The molecule has 1 saturated carbocycles. The van der Waals surface area contributed by atoms with E-state index < -0.39 is 9.84 Å². The largest absolute Gasteiger partial charge is 0.311 e. The first-order chi connectivity index (χ1) is 8.43. The second kappa shape index (κ2) is 7.75. The van der Waals surface area contributed by atoms with Crippen molar-refractivity contribution in [1.29, 1.82) is 0 Å². The van der Waals surface area contributed by atoms with Crippen LogP contribution in [0.3, 0.4) is 0 Å². The normalized spacial score (nSPS) is 27.1. The Labute approximate surface area is 116 Å². The molecule has 5 heteroatoms. The number of sulfone groups is 1. The van der Waals surface area contributed by atoms with E-state index >= 15 is 0 Å². The summed E-state index contributed by atoms with van der Waals surface area (Å²) in [6, 6.07) is 0.882. The van der Waals surface area contributed by atoms with Gasteiger partial charge in [0.15, 0.2) is 0 Å². The third-order valence-electron chi connectivity index (χ3n) is 3.65. The molecule has 1 rings (SSSR count). The lowest BCUT2D eigenvalue weighted by Gasteiger charge is -2.31. The number of hydrogen-bond donors (Lipinski definition) is 1. The molecule has 3 unspecified atom stereocenters. The van der Waals surface area contributed by atoms with Crippen molar-refractivity contribution in [2.45, 2.75) is 63.3 Å². The van der Waals surface area contributed by atoms with Gasteiger partial charge in [-0.25, -0.2) is 8.42 Å². The van der Waals surface area contributed by atoms with Gasteiger partial charge in [-0.15, -0.1) is 0 Å². The molecule has 0 saturated heterocycles. The Balaban J connectivity index is 2.33. The van der Waals surface area contributed by atoms with Crippen LogP contribution in [0.15, 0.2) is 0 Å². The molecule has 0 heterocycles. The fraction of sp³-hybridized carbons (Fsp3) is 1.00. The van der Waals surface area contributed by atoms with Gasteiger partial charge in [0.1, 0.15) is 9.84 Å². The third kappa shape index (κ3) is 5.93. The Morgan fingerprint density at radius 3 is 2.72 bits per heavy atom. The first-order valence-electron chi connectivity index (χ1n) is 6.96. The lowest BCUT2D eigenvalue weighted by Crippen LogP contribution is -2.42. The average Bonchev–Trinajstić information content (AvgIpc) is 2.28. The molecule has 1 aliphatic carbocycles. The summed E-state index contributed by atoms with van der Waals surface area (Å²) < 4.78 is 23.2. The van der Waals surface area contributed by atoms with E-state index in [9.17, 15) is 8.42 Å². The molecular formula is C13H27NO2S2. The minimum atomic E-state index is -2.86. The molecule has 1 fully saturated rings. The second-order valence-corrected chi connectivity index (χ2v) is 9.09. The van der Waals surface area contributed by atoms with E-state index in [4.69, 9.17) is 0 Å². The van der Waals surface area contributed by atoms with E-state index in [0.29, 0.717) is 12.1 Å². The minimum absolute atomic E-state index is 0.124. The highest BCUT2D eigenvalue weighted by atomic mass is 32.2. The lowest BCUT2D eigenvalue weighted by atomic mass is 9.94. The van der Waals surface area contributed by atoms with Gasteiger partial charge in [0.05, 0.1) is 5.25 Å². The maximum absolute atomic E-state index is 11.6. The standard InChI is InChI=1S/C13H27NO2S2/c1-4-17-9-8-11(2)14-12-6-5-7-13(10-12)18(3,15)16/h11-14H,4-10H2,1-3H3. The summed E-state index contributed by atoms with van der Waals surface area (Å²) in [5, 5.41) is 3.48. The van der Waals surface area contributed by atoms with Crippen molar-refractivity contribution in [3.63, 3.8) is 0 Å². The van der Waals surface area contributed by atoms with Crippen LogP contribution >= 0.6 is 11.8 Å². The molecule has 18 heavy (non-hydrogen) atoms. The van der Waals surface area contributed by atoms with E-state index in [1.807, 2.05) is 11.8 Å². The monoisotopic (exact) mass is 293 g/mol. The molecule has 0 spiro atoms. The number of nitrogens with one attached hydrogen (secondary N) is 1. The molecule has 1 aliphatic rings. The van der Waals surface area contributed by atoms with Crippen LogP contribution in [0.5, 0.6) is 0 Å². The van der Waals surface area contributed by atoms with Gasteiger partial charge >= 0.3 is 0 Å². The topological polar surface area (TPSA) is 46.2 Å². The average molecular weight is 293 g/mol. The van der Waals surface area contributed by atoms with Crippen molar-refractivity contribution in [1.82, 2.24) is 5.32 Å². The summed E-state index contributed by atoms with van der Waals surface area (Å²) in [4.78, 5) is 0. The molecule has 0 bridgehead atoms. The zero-order chi connectivity index (χ0) is 13.6. The Bertz CT molecular complexity index is 330. The first kappa shape index (κ1) is 16.3. The van der Waals surface area contributed by atoms with Crippen LogP contribution < -0.4 is 5.32 Å². The van der Waals surface area contributed by atoms with Crippen molar-refractivity contribution >= 4 is 21.6 Å². The van der Waals surface area contributed by atoms with Crippen molar-refractivity contribution in [2.24, 2.45) is 0 Å².